The highest BCUT2D eigenvalue weighted by atomic mass is 79.9. The zero-order valence-corrected chi connectivity index (χ0v) is 11.3. The Morgan fingerprint density at radius 1 is 1.39 bits per heavy atom. The van der Waals surface area contributed by atoms with Gasteiger partial charge in [-0.3, -0.25) is 4.40 Å². The average Bonchev–Trinajstić information content (AvgIpc) is 2.85. The topological polar surface area (TPSA) is 62.9 Å². The van der Waals surface area contributed by atoms with Crippen molar-refractivity contribution in [2.45, 2.75) is 6.61 Å². The van der Waals surface area contributed by atoms with E-state index in [1.807, 2.05) is 10.6 Å². The highest BCUT2D eigenvalue weighted by Gasteiger charge is 2.18. The fourth-order valence-electron chi connectivity index (χ4n) is 2.06. The van der Waals surface area contributed by atoms with Gasteiger partial charge in [0.05, 0.1) is 31.7 Å². The van der Waals surface area contributed by atoms with E-state index in [-0.39, 0.29) is 6.61 Å². The highest BCUT2D eigenvalue weighted by molar-refractivity contribution is 9.10. The number of fused-ring (bicyclic) bond motifs is 1. The fraction of sp³-hybridized carbons (Fsp3) is 0.455. The monoisotopic (exact) mass is 312 g/mol. The summed E-state index contributed by atoms with van der Waals surface area (Å²) in [6, 6.07) is 0. The van der Waals surface area contributed by atoms with Crippen molar-refractivity contribution in [3.8, 4) is 0 Å². The molecule has 0 unspecified atom stereocenters. The molecule has 0 bridgehead atoms. The normalized spacial score (nSPS) is 16.4. The van der Waals surface area contributed by atoms with Gasteiger partial charge in [-0.05, 0) is 15.9 Å². The van der Waals surface area contributed by atoms with E-state index in [9.17, 15) is 5.11 Å². The quantitative estimate of drug-likeness (QED) is 0.889. The number of aromatic nitrogens is 3. The maximum absolute atomic E-state index is 9.19. The van der Waals surface area contributed by atoms with Gasteiger partial charge in [0.1, 0.15) is 4.60 Å². The van der Waals surface area contributed by atoms with Crippen LogP contribution in [0.15, 0.2) is 17.0 Å². The van der Waals surface area contributed by atoms with Crippen molar-refractivity contribution in [2.24, 2.45) is 0 Å². The fourth-order valence-corrected chi connectivity index (χ4v) is 2.43. The van der Waals surface area contributed by atoms with Crippen LogP contribution in [0.5, 0.6) is 0 Å². The van der Waals surface area contributed by atoms with E-state index in [0.29, 0.717) is 18.9 Å². The van der Waals surface area contributed by atoms with Gasteiger partial charge >= 0.3 is 0 Å². The van der Waals surface area contributed by atoms with Crippen LogP contribution in [-0.4, -0.2) is 45.8 Å². The Morgan fingerprint density at radius 2 is 2.17 bits per heavy atom. The number of aliphatic hydroxyl groups is 1. The second-order valence-corrected chi connectivity index (χ2v) is 4.90. The largest absolute Gasteiger partial charge is 0.390 e. The Labute approximate surface area is 112 Å². The number of aliphatic hydroxyl groups excluding tert-OH is 1. The van der Waals surface area contributed by atoms with E-state index in [1.54, 1.807) is 6.20 Å². The van der Waals surface area contributed by atoms with Gasteiger partial charge in [-0.15, -0.1) is 0 Å². The number of rotatable bonds is 2. The molecule has 0 aliphatic carbocycles. The lowest BCUT2D eigenvalue weighted by atomic mass is 10.4. The molecule has 7 heteroatoms. The minimum Gasteiger partial charge on any atom is -0.390 e. The summed E-state index contributed by atoms with van der Waals surface area (Å²) in [5, 5.41) is 9.19. The molecule has 1 saturated heterocycles. The van der Waals surface area contributed by atoms with Crippen LogP contribution >= 0.6 is 15.9 Å². The first-order valence-corrected chi connectivity index (χ1v) is 6.55. The lowest BCUT2D eigenvalue weighted by Gasteiger charge is -2.27. The van der Waals surface area contributed by atoms with Gasteiger partial charge in [-0.1, -0.05) is 0 Å². The third-order valence-electron chi connectivity index (χ3n) is 2.95. The van der Waals surface area contributed by atoms with Crippen molar-refractivity contribution < 1.29 is 9.84 Å². The lowest BCUT2D eigenvalue weighted by Crippen LogP contribution is -2.37. The SMILES string of the molecule is OCc1cn2c(Br)cnc(N3CCOCC3)c2n1. The number of hydrogen-bond acceptors (Lipinski definition) is 5. The van der Waals surface area contributed by atoms with Crippen LogP contribution in [0, 0.1) is 0 Å². The molecule has 0 aromatic carbocycles. The van der Waals surface area contributed by atoms with Crippen molar-refractivity contribution in [3.63, 3.8) is 0 Å². The average molecular weight is 313 g/mol. The Balaban J connectivity index is 2.10. The second-order valence-electron chi connectivity index (χ2n) is 4.09. The van der Waals surface area contributed by atoms with E-state index in [2.05, 4.69) is 30.8 Å². The first kappa shape index (κ1) is 11.9. The molecular formula is C11H13BrN4O2. The maximum atomic E-state index is 9.19. The zero-order chi connectivity index (χ0) is 12.5. The molecule has 0 saturated carbocycles. The van der Waals surface area contributed by atoms with Gasteiger partial charge in [-0.2, -0.15) is 0 Å². The smallest absolute Gasteiger partial charge is 0.181 e. The van der Waals surface area contributed by atoms with Crippen LogP contribution in [0.1, 0.15) is 5.69 Å². The Hall–Kier alpha value is -1.18. The van der Waals surface area contributed by atoms with Crippen molar-refractivity contribution in [1.82, 2.24) is 14.4 Å². The molecule has 96 valence electrons. The number of imidazole rings is 1. The van der Waals surface area contributed by atoms with Crippen LogP contribution in [0.2, 0.25) is 0 Å². The molecule has 2 aromatic rings. The summed E-state index contributed by atoms with van der Waals surface area (Å²) in [6.45, 7) is 2.96. The summed E-state index contributed by atoms with van der Waals surface area (Å²) in [5.41, 5.74) is 1.40. The van der Waals surface area contributed by atoms with Crippen molar-refractivity contribution in [1.29, 1.82) is 0 Å². The minimum atomic E-state index is -0.0727. The van der Waals surface area contributed by atoms with E-state index >= 15 is 0 Å². The molecule has 0 amide bonds. The predicted octanol–water partition coefficient (Wildman–Crippen LogP) is 0.821. The number of hydrogen-bond donors (Lipinski definition) is 1. The summed E-state index contributed by atoms with van der Waals surface area (Å²) in [4.78, 5) is 11.0. The standard InChI is InChI=1S/C11H13BrN4O2/c12-9-5-13-10(15-1-3-18-4-2-15)11-14-8(7-17)6-16(9)11/h5-6,17H,1-4,7H2. The summed E-state index contributed by atoms with van der Waals surface area (Å²) in [6.07, 6.45) is 3.56. The molecule has 3 heterocycles. The van der Waals surface area contributed by atoms with Crippen molar-refractivity contribution in [3.05, 3.63) is 22.7 Å². The van der Waals surface area contributed by atoms with Crippen molar-refractivity contribution >= 4 is 27.4 Å². The molecule has 3 rings (SSSR count). The summed E-state index contributed by atoms with van der Waals surface area (Å²) < 4.78 is 8.05. The predicted molar refractivity (Wildman–Crippen MR) is 69.6 cm³/mol. The highest BCUT2D eigenvalue weighted by Crippen LogP contribution is 2.23. The number of anilines is 1. The third-order valence-corrected chi connectivity index (χ3v) is 3.54. The van der Waals surface area contributed by atoms with Crippen LogP contribution in [-0.2, 0) is 11.3 Å². The van der Waals surface area contributed by atoms with E-state index in [0.717, 1.165) is 29.2 Å². The third kappa shape index (κ3) is 1.98. The van der Waals surface area contributed by atoms with Gasteiger partial charge in [0.2, 0.25) is 0 Å². The Kier molecular flexibility index (Phi) is 3.19. The first-order valence-electron chi connectivity index (χ1n) is 5.75. The molecule has 0 radical (unpaired) electrons. The first-order chi connectivity index (χ1) is 8.79. The number of morpholine rings is 1. The van der Waals surface area contributed by atoms with Gasteiger partial charge in [0.25, 0.3) is 0 Å². The summed E-state index contributed by atoms with van der Waals surface area (Å²) in [7, 11) is 0. The van der Waals surface area contributed by atoms with Crippen LogP contribution in [0.3, 0.4) is 0 Å². The second kappa shape index (κ2) is 4.83. The molecule has 0 atom stereocenters. The molecule has 1 fully saturated rings. The molecule has 1 aliphatic heterocycles. The maximum Gasteiger partial charge on any atom is 0.181 e. The lowest BCUT2D eigenvalue weighted by molar-refractivity contribution is 0.122. The molecular weight excluding hydrogens is 300 g/mol. The Morgan fingerprint density at radius 3 is 2.89 bits per heavy atom. The van der Waals surface area contributed by atoms with E-state index in [1.165, 1.54) is 0 Å². The van der Waals surface area contributed by atoms with Gasteiger partial charge < -0.3 is 14.7 Å². The number of halogens is 1. The minimum absolute atomic E-state index is 0.0727. The van der Waals surface area contributed by atoms with Crippen molar-refractivity contribution in [2.75, 3.05) is 31.2 Å². The number of nitrogens with zero attached hydrogens (tertiary/aromatic N) is 4. The van der Waals surface area contributed by atoms with E-state index < -0.39 is 0 Å². The molecule has 1 N–H and O–H groups in total. The van der Waals surface area contributed by atoms with Gasteiger partial charge in [-0.25, -0.2) is 9.97 Å². The summed E-state index contributed by atoms with van der Waals surface area (Å²) in [5.74, 6) is 0.834. The van der Waals surface area contributed by atoms with Crippen LogP contribution in [0.25, 0.3) is 5.65 Å². The Bertz CT molecular complexity index is 565. The van der Waals surface area contributed by atoms with Crippen LogP contribution in [0.4, 0.5) is 5.82 Å². The molecule has 1 aliphatic rings. The number of ether oxygens (including phenoxy) is 1. The van der Waals surface area contributed by atoms with Gasteiger partial charge in [0, 0.05) is 19.3 Å². The van der Waals surface area contributed by atoms with Gasteiger partial charge in [0.15, 0.2) is 11.5 Å². The summed E-state index contributed by atoms with van der Waals surface area (Å²) >= 11 is 3.43. The zero-order valence-electron chi connectivity index (χ0n) is 9.71. The molecule has 6 nitrogen and oxygen atoms in total. The molecule has 2 aromatic heterocycles. The molecule has 18 heavy (non-hydrogen) atoms. The molecule has 0 spiro atoms. The van der Waals surface area contributed by atoms with E-state index in [4.69, 9.17) is 4.74 Å². The van der Waals surface area contributed by atoms with Crippen LogP contribution < -0.4 is 4.90 Å².